The minimum atomic E-state index is -0.450. The van der Waals surface area contributed by atoms with E-state index in [1.54, 1.807) is 0 Å². The average Bonchev–Trinajstić information content (AvgIpc) is 3.21. The van der Waals surface area contributed by atoms with E-state index < -0.39 is 5.91 Å². The normalized spacial score (nSPS) is 19.5. The van der Waals surface area contributed by atoms with Crippen molar-refractivity contribution in [3.8, 4) is 0 Å². The van der Waals surface area contributed by atoms with Gasteiger partial charge in [-0.2, -0.15) is 0 Å². The third-order valence-corrected chi connectivity index (χ3v) is 7.41. The van der Waals surface area contributed by atoms with E-state index in [4.69, 9.17) is 5.73 Å². The second-order valence-corrected chi connectivity index (χ2v) is 11.4. The lowest BCUT2D eigenvalue weighted by Crippen LogP contribution is -2.46. The van der Waals surface area contributed by atoms with Crippen LogP contribution in [0.4, 0.5) is 5.69 Å². The molecule has 1 aromatic heterocycles. The fraction of sp³-hybridized carbons (Fsp3) is 0.500. The number of amides is 2. The number of fused-ring (bicyclic) bond motifs is 3. The minimum Gasteiger partial charge on any atom is -0.371 e. The van der Waals surface area contributed by atoms with Crippen LogP contribution in [0.3, 0.4) is 0 Å². The smallest absolute Gasteiger partial charge is 0.254 e. The number of hydrogen-bond acceptors (Lipinski definition) is 4. The zero-order chi connectivity index (χ0) is 24.7. The maximum Gasteiger partial charge on any atom is 0.254 e. The summed E-state index contributed by atoms with van der Waals surface area (Å²) in [7, 11) is 0. The average molecular weight is 476 g/mol. The van der Waals surface area contributed by atoms with Crippen LogP contribution in [0.1, 0.15) is 60.7 Å². The fourth-order valence-corrected chi connectivity index (χ4v) is 5.96. The summed E-state index contributed by atoms with van der Waals surface area (Å²) in [5.74, 6) is 0.237. The summed E-state index contributed by atoms with van der Waals surface area (Å²) in [5, 5.41) is 5.33. The lowest BCUT2D eigenvalue weighted by atomic mass is 9.81. The number of nitrogens with one attached hydrogen (secondary N) is 2. The highest BCUT2D eigenvalue weighted by molar-refractivity contribution is 6.20. The van der Waals surface area contributed by atoms with Crippen molar-refractivity contribution in [1.29, 1.82) is 0 Å². The largest absolute Gasteiger partial charge is 0.371 e. The molecule has 7 nitrogen and oxygen atoms in total. The molecule has 0 radical (unpaired) electrons. The molecule has 2 aliphatic heterocycles. The molecule has 0 spiro atoms. The first-order valence-corrected chi connectivity index (χ1v) is 12.8. The molecule has 5 rings (SSSR count). The summed E-state index contributed by atoms with van der Waals surface area (Å²) in [6.07, 6.45) is 3.60. The molecule has 7 heteroatoms. The summed E-state index contributed by atoms with van der Waals surface area (Å²) in [5.41, 5.74) is 9.96. The van der Waals surface area contributed by atoms with Gasteiger partial charge in [-0.15, -0.1) is 0 Å². The van der Waals surface area contributed by atoms with Crippen LogP contribution in [0.5, 0.6) is 0 Å². The molecule has 1 unspecified atom stereocenters. The zero-order valence-corrected chi connectivity index (χ0v) is 21.1. The van der Waals surface area contributed by atoms with Crippen molar-refractivity contribution in [2.24, 2.45) is 17.1 Å². The van der Waals surface area contributed by atoms with Crippen LogP contribution in [0, 0.1) is 11.3 Å². The minimum absolute atomic E-state index is 0.0449. The van der Waals surface area contributed by atoms with Crippen LogP contribution in [0.2, 0.25) is 0 Å². The molecule has 2 aromatic carbocycles. The van der Waals surface area contributed by atoms with Crippen molar-refractivity contribution in [2.45, 2.75) is 40.0 Å². The van der Waals surface area contributed by atoms with E-state index in [2.05, 4.69) is 42.0 Å². The third-order valence-electron chi connectivity index (χ3n) is 7.41. The predicted molar refractivity (Wildman–Crippen MR) is 142 cm³/mol. The fourth-order valence-electron chi connectivity index (χ4n) is 5.96. The van der Waals surface area contributed by atoms with Gasteiger partial charge in [0.2, 0.25) is 0 Å². The number of benzene rings is 2. The first-order valence-electron chi connectivity index (χ1n) is 12.8. The summed E-state index contributed by atoms with van der Waals surface area (Å²) in [6, 6.07) is 9.76. The van der Waals surface area contributed by atoms with Crippen molar-refractivity contribution in [3.05, 3.63) is 41.5 Å². The molecule has 2 saturated heterocycles. The summed E-state index contributed by atoms with van der Waals surface area (Å²) in [6.45, 7) is 12.0. The van der Waals surface area contributed by atoms with Gasteiger partial charge in [0.1, 0.15) is 0 Å². The standard InChI is InChI=1S/C28H37N5O2/c1-28(2,3)16-18-5-4-12-33(17-18)23-9-8-21(26(29)34)25-24(23)20-7-6-19(15-22(20)31-25)27(35)32-13-10-30-11-14-32/h6-9,15,18,30-31H,4-5,10-14,16-17H2,1-3H3,(H2,29,34). The third kappa shape index (κ3) is 4.74. The summed E-state index contributed by atoms with van der Waals surface area (Å²) < 4.78 is 0. The highest BCUT2D eigenvalue weighted by Crippen LogP contribution is 2.39. The predicted octanol–water partition coefficient (Wildman–Crippen LogP) is 4.12. The molecule has 0 saturated carbocycles. The Morgan fingerprint density at radius 2 is 1.86 bits per heavy atom. The van der Waals surface area contributed by atoms with Gasteiger partial charge in [0, 0.05) is 66.8 Å². The Balaban J connectivity index is 1.57. The van der Waals surface area contributed by atoms with Crippen molar-refractivity contribution in [3.63, 3.8) is 0 Å². The van der Waals surface area contributed by atoms with Crippen LogP contribution in [0.25, 0.3) is 21.8 Å². The van der Waals surface area contributed by atoms with Gasteiger partial charge < -0.3 is 25.8 Å². The molecule has 1 atom stereocenters. The van der Waals surface area contributed by atoms with Crippen LogP contribution in [-0.2, 0) is 0 Å². The van der Waals surface area contributed by atoms with Crippen molar-refractivity contribution in [2.75, 3.05) is 44.2 Å². The summed E-state index contributed by atoms with van der Waals surface area (Å²) >= 11 is 0. The quantitative estimate of drug-likeness (QED) is 0.529. The molecule has 35 heavy (non-hydrogen) atoms. The number of H-pyrrole nitrogens is 1. The van der Waals surface area contributed by atoms with Crippen molar-refractivity contribution >= 4 is 39.3 Å². The molecular weight excluding hydrogens is 438 g/mol. The number of piperazine rings is 1. The topological polar surface area (TPSA) is 94.5 Å². The van der Waals surface area contributed by atoms with Gasteiger partial charge in [0.05, 0.1) is 11.1 Å². The molecule has 3 aromatic rings. The number of nitrogens with zero attached hydrogens (tertiary/aromatic N) is 2. The van der Waals surface area contributed by atoms with Gasteiger partial charge in [-0.25, -0.2) is 0 Å². The lowest BCUT2D eigenvalue weighted by Gasteiger charge is -2.37. The maximum atomic E-state index is 13.1. The molecule has 0 aliphatic carbocycles. The van der Waals surface area contributed by atoms with E-state index >= 15 is 0 Å². The number of rotatable bonds is 4. The maximum absolute atomic E-state index is 13.1. The first kappa shape index (κ1) is 23.7. The Morgan fingerprint density at radius 3 is 2.57 bits per heavy atom. The van der Waals surface area contributed by atoms with Gasteiger partial charge in [0.15, 0.2) is 0 Å². The second kappa shape index (κ2) is 9.19. The molecule has 4 N–H and O–H groups in total. The highest BCUT2D eigenvalue weighted by Gasteiger charge is 2.27. The van der Waals surface area contributed by atoms with E-state index in [0.29, 0.717) is 35.5 Å². The van der Waals surface area contributed by atoms with Crippen LogP contribution in [-0.4, -0.2) is 61.0 Å². The number of nitrogens with two attached hydrogens (primary N) is 1. The van der Waals surface area contributed by atoms with Crippen LogP contribution < -0.4 is 16.0 Å². The van der Waals surface area contributed by atoms with Gasteiger partial charge in [-0.05, 0) is 54.9 Å². The van der Waals surface area contributed by atoms with Gasteiger partial charge in [-0.1, -0.05) is 26.8 Å². The number of carbonyl (C=O) groups excluding carboxylic acids is 2. The summed E-state index contributed by atoms with van der Waals surface area (Å²) in [4.78, 5) is 33.2. The van der Waals surface area contributed by atoms with Crippen LogP contribution in [0.15, 0.2) is 30.3 Å². The molecule has 0 bridgehead atoms. The Morgan fingerprint density at radius 1 is 1.09 bits per heavy atom. The number of aromatic nitrogens is 1. The van der Waals surface area contributed by atoms with Crippen molar-refractivity contribution < 1.29 is 9.59 Å². The van der Waals surface area contributed by atoms with Crippen molar-refractivity contribution in [1.82, 2.24) is 15.2 Å². The molecule has 2 amide bonds. The number of anilines is 1. The second-order valence-electron chi connectivity index (χ2n) is 11.4. The number of piperidine rings is 1. The number of carbonyl (C=O) groups is 2. The van der Waals surface area contributed by atoms with Gasteiger partial charge in [-0.3, -0.25) is 9.59 Å². The first-order chi connectivity index (χ1) is 16.7. The number of primary amides is 1. The Bertz CT molecular complexity index is 1270. The Labute approximate surface area is 207 Å². The molecular formula is C28H37N5O2. The van der Waals surface area contributed by atoms with E-state index in [1.165, 1.54) is 12.8 Å². The molecule has 3 heterocycles. The van der Waals surface area contributed by atoms with Gasteiger partial charge >= 0.3 is 0 Å². The van der Waals surface area contributed by atoms with Gasteiger partial charge in [0.25, 0.3) is 11.8 Å². The van der Waals surface area contributed by atoms with E-state index in [0.717, 1.165) is 60.1 Å². The Hall–Kier alpha value is -3.06. The van der Waals surface area contributed by atoms with E-state index in [-0.39, 0.29) is 5.91 Å². The lowest BCUT2D eigenvalue weighted by molar-refractivity contribution is 0.0735. The molecule has 186 valence electrons. The molecule has 2 fully saturated rings. The van der Waals surface area contributed by atoms with Crippen LogP contribution >= 0.6 is 0 Å². The number of aromatic amines is 1. The SMILES string of the molecule is CC(C)(C)CC1CCCN(c2ccc(C(N)=O)c3[nH]c4cc(C(=O)N5CCNCC5)ccc4c23)C1. The van der Waals surface area contributed by atoms with E-state index in [9.17, 15) is 9.59 Å². The monoisotopic (exact) mass is 475 g/mol. The Kier molecular flexibility index (Phi) is 6.21. The molecule has 2 aliphatic rings. The van der Waals surface area contributed by atoms with E-state index in [1.807, 2.05) is 29.2 Å². The highest BCUT2D eigenvalue weighted by atomic mass is 16.2. The zero-order valence-electron chi connectivity index (χ0n) is 21.1. The number of hydrogen-bond donors (Lipinski definition) is 3.